The van der Waals surface area contributed by atoms with E-state index >= 15 is 0 Å². The van der Waals surface area contributed by atoms with E-state index in [2.05, 4.69) is 27.7 Å². The molecule has 4 unspecified atom stereocenters. The van der Waals surface area contributed by atoms with Crippen LogP contribution in [0.5, 0.6) is 0 Å². The molecule has 1 N–H and O–H groups in total. The summed E-state index contributed by atoms with van der Waals surface area (Å²) in [5.74, 6) is 2.76. The Labute approximate surface area is 95.3 Å². The van der Waals surface area contributed by atoms with Crippen molar-refractivity contribution in [3.8, 4) is 0 Å². The van der Waals surface area contributed by atoms with Gasteiger partial charge in [-0.15, -0.1) is 0 Å². The molecule has 1 rings (SSSR count). The van der Waals surface area contributed by atoms with Crippen LogP contribution in [0.2, 0.25) is 0 Å². The zero-order valence-corrected chi connectivity index (χ0v) is 10.9. The van der Waals surface area contributed by atoms with Crippen molar-refractivity contribution in [2.24, 2.45) is 23.7 Å². The van der Waals surface area contributed by atoms with E-state index in [4.69, 9.17) is 0 Å². The number of hydrogen-bond donors (Lipinski definition) is 1. The summed E-state index contributed by atoms with van der Waals surface area (Å²) in [6, 6.07) is 0. The Morgan fingerprint density at radius 3 is 2.47 bits per heavy atom. The fourth-order valence-electron chi connectivity index (χ4n) is 3.08. The monoisotopic (exact) mass is 212 g/mol. The second kappa shape index (κ2) is 5.89. The zero-order chi connectivity index (χ0) is 11.4. The van der Waals surface area contributed by atoms with Gasteiger partial charge in [-0.25, -0.2) is 0 Å². The van der Waals surface area contributed by atoms with Crippen LogP contribution in [0.3, 0.4) is 0 Å². The third-order valence-corrected chi connectivity index (χ3v) is 4.27. The van der Waals surface area contributed by atoms with Gasteiger partial charge in [0.25, 0.3) is 0 Å². The molecule has 0 spiro atoms. The summed E-state index contributed by atoms with van der Waals surface area (Å²) >= 11 is 0. The highest BCUT2D eigenvalue weighted by Crippen LogP contribution is 2.39. The molecule has 1 aliphatic carbocycles. The van der Waals surface area contributed by atoms with Crippen molar-refractivity contribution in [3.63, 3.8) is 0 Å². The van der Waals surface area contributed by atoms with Gasteiger partial charge in [0.2, 0.25) is 0 Å². The van der Waals surface area contributed by atoms with Gasteiger partial charge in [0.05, 0.1) is 6.10 Å². The van der Waals surface area contributed by atoms with Crippen molar-refractivity contribution >= 4 is 0 Å². The highest BCUT2D eigenvalue weighted by molar-refractivity contribution is 4.85. The van der Waals surface area contributed by atoms with Gasteiger partial charge in [0, 0.05) is 0 Å². The van der Waals surface area contributed by atoms with Gasteiger partial charge in [-0.1, -0.05) is 47.0 Å². The van der Waals surface area contributed by atoms with Gasteiger partial charge >= 0.3 is 0 Å². The van der Waals surface area contributed by atoms with Crippen molar-refractivity contribution in [2.75, 3.05) is 0 Å². The van der Waals surface area contributed by atoms with Gasteiger partial charge in [0.15, 0.2) is 0 Å². The molecule has 1 aliphatic rings. The lowest BCUT2D eigenvalue weighted by atomic mass is 9.68. The lowest BCUT2D eigenvalue weighted by molar-refractivity contribution is -0.00361. The van der Waals surface area contributed by atoms with Gasteiger partial charge < -0.3 is 5.11 Å². The van der Waals surface area contributed by atoms with Crippen molar-refractivity contribution < 1.29 is 5.11 Å². The number of unbranched alkanes of at least 4 members (excludes halogenated alkanes) is 1. The van der Waals surface area contributed by atoms with E-state index in [0.717, 1.165) is 18.3 Å². The average molecular weight is 212 g/mol. The maximum atomic E-state index is 10.1. The van der Waals surface area contributed by atoms with Gasteiger partial charge in [-0.2, -0.15) is 0 Å². The lowest BCUT2D eigenvalue weighted by Crippen LogP contribution is -2.36. The molecule has 0 aliphatic heterocycles. The molecule has 0 aromatic heterocycles. The molecular formula is C14H28O. The highest BCUT2D eigenvalue weighted by atomic mass is 16.3. The summed E-state index contributed by atoms with van der Waals surface area (Å²) in [7, 11) is 0. The molecule has 0 bridgehead atoms. The van der Waals surface area contributed by atoms with Gasteiger partial charge in [-0.05, 0) is 36.5 Å². The standard InChI is InChI=1S/C14H28O/c1-5-6-7-12-9-14(15)13(10(2)3)8-11(12)4/h10-15H,5-9H2,1-4H3. The second-order valence-corrected chi connectivity index (χ2v) is 5.83. The number of hydrogen-bond acceptors (Lipinski definition) is 1. The van der Waals surface area contributed by atoms with Crippen LogP contribution in [0, 0.1) is 23.7 Å². The van der Waals surface area contributed by atoms with Crippen molar-refractivity contribution in [2.45, 2.75) is 65.9 Å². The Kier molecular flexibility index (Phi) is 5.11. The molecule has 0 aromatic carbocycles. The van der Waals surface area contributed by atoms with Crippen molar-refractivity contribution in [1.82, 2.24) is 0 Å². The third-order valence-electron chi connectivity index (χ3n) is 4.27. The van der Waals surface area contributed by atoms with E-state index in [0.29, 0.717) is 11.8 Å². The van der Waals surface area contributed by atoms with Crippen LogP contribution in [-0.2, 0) is 0 Å². The summed E-state index contributed by atoms with van der Waals surface area (Å²) in [4.78, 5) is 0. The minimum Gasteiger partial charge on any atom is -0.393 e. The maximum Gasteiger partial charge on any atom is 0.0573 e. The molecule has 15 heavy (non-hydrogen) atoms. The Morgan fingerprint density at radius 2 is 1.93 bits per heavy atom. The van der Waals surface area contributed by atoms with E-state index in [1.54, 1.807) is 0 Å². The van der Waals surface area contributed by atoms with Crippen LogP contribution in [0.4, 0.5) is 0 Å². The Morgan fingerprint density at radius 1 is 1.27 bits per heavy atom. The summed E-state index contributed by atoms with van der Waals surface area (Å²) in [6.07, 6.45) is 6.17. The maximum absolute atomic E-state index is 10.1. The second-order valence-electron chi connectivity index (χ2n) is 5.83. The quantitative estimate of drug-likeness (QED) is 0.750. The summed E-state index contributed by atoms with van der Waals surface area (Å²) < 4.78 is 0. The van der Waals surface area contributed by atoms with Crippen molar-refractivity contribution in [1.29, 1.82) is 0 Å². The Bertz CT molecular complexity index is 176. The third kappa shape index (κ3) is 3.48. The lowest BCUT2D eigenvalue weighted by Gasteiger charge is -2.40. The molecule has 1 heteroatoms. The van der Waals surface area contributed by atoms with Crippen LogP contribution in [0.15, 0.2) is 0 Å². The first kappa shape index (κ1) is 13.0. The fourth-order valence-corrected chi connectivity index (χ4v) is 3.08. The molecule has 1 fully saturated rings. The molecule has 1 nitrogen and oxygen atoms in total. The summed E-state index contributed by atoms with van der Waals surface area (Å²) in [5.41, 5.74) is 0. The first-order valence-corrected chi connectivity index (χ1v) is 6.74. The topological polar surface area (TPSA) is 20.2 Å². The largest absolute Gasteiger partial charge is 0.393 e. The van der Waals surface area contributed by atoms with Crippen LogP contribution in [-0.4, -0.2) is 11.2 Å². The number of aliphatic hydroxyl groups excluding tert-OH is 1. The minimum absolute atomic E-state index is 0.0388. The van der Waals surface area contributed by atoms with Gasteiger partial charge in [0.1, 0.15) is 0 Å². The van der Waals surface area contributed by atoms with Crippen molar-refractivity contribution in [3.05, 3.63) is 0 Å². The SMILES string of the molecule is CCCCC1CC(O)C(C(C)C)CC1C. The highest BCUT2D eigenvalue weighted by Gasteiger charge is 2.34. The molecule has 0 aromatic rings. The molecular weight excluding hydrogens is 184 g/mol. The van der Waals surface area contributed by atoms with E-state index in [-0.39, 0.29) is 6.10 Å². The van der Waals surface area contributed by atoms with Crippen LogP contribution < -0.4 is 0 Å². The Balaban J connectivity index is 2.47. The van der Waals surface area contributed by atoms with Crippen LogP contribution >= 0.6 is 0 Å². The molecule has 4 atom stereocenters. The molecule has 0 heterocycles. The number of rotatable bonds is 4. The van der Waals surface area contributed by atoms with Crippen LogP contribution in [0.25, 0.3) is 0 Å². The fraction of sp³-hybridized carbons (Fsp3) is 1.00. The first-order valence-electron chi connectivity index (χ1n) is 6.74. The van der Waals surface area contributed by atoms with Gasteiger partial charge in [-0.3, -0.25) is 0 Å². The van der Waals surface area contributed by atoms with Crippen LogP contribution in [0.1, 0.15) is 59.8 Å². The normalized spacial score (nSPS) is 37.2. The molecule has 0 radical (unpaired) electrons. The first-order chi connectivity index (χ1) is 7.06. The van der Waals surface area contributed by atoms with E-state index in [9.17, 15) is 5.11 Å². The molecule has 0 amide bonds. The number of aliphatic hydroxyl groups is 1. The molecule has 0 saturated heterocycles. The Hall–Kier alpha value is -0.0400. The predicted molar refractivity (Wildman–Crippen MR) is 65.7 cm³/mol. The van der Waals surface area contributed by atoms with E-state index in [1.807, 2.05) is 0 Å². The summed E-state index contributed by atoms with van der Waals surface area (Å²) in [6.45, 7) is 9.11. The zero-order valence-electron chi connectivity index (χ0n) is 10.9. The smallest absolute Gasteiger partial charge is 0.0573 e. The van der Waals surface area contributed by atoms with E-state index in [1.165, 1.54) is 25.7 Å². The average Bonchev–Trinajstić information content (AvgIpc) is 2.18. The molecule has 1 saturated carbocycles. The summed E-state index contributed by atoms with van der Waals surface area (Å²) in [5, 5.41) is 10.1. The molecule has 90 valence electrons. The minimum atomic E-state index is -0.0388. The van der Waals surface area contributed by atoms with E-state index < -0.39 is 0 Å². The predicted octanol–water partition coefficient (Wildman–Crippen LogP) is 3.86.